The van der Waals surface area contributed by atoms with Crippen LogP contribution in [0.25, 0.3) is 5.95 Å². The quantitative estimate of drug-likeness (QED) is 0.847. The van der Waals surface area contributed by atoms with Crippen LogP contribution in [0.2, 0.25) is 5.28 Å². The fourth-order valence-electron chi connectivity index (χ4n) is 1.07. The molecule has 2 heterocycles. The summed E-state index contributed by atoms with van der Waals surface area (Å²) < 4.78 is 1.52. The zero-order valence-electron chi connectivity index (χ0n) is 8.05. The lowest BCUT2D eigenvalue weighted by molar-refractivity contribution is 0.795. The Balaban J connectivity index is 2.40. The highest BCUT2D eigenvalue weighted by Crippen LogP contribution is 2.08. The molecular weight excluding hydrogens is 216 g/mol. The van der Waals surface area contributed by atoms with Crippen LogP contribution in [0.15, 0.2) is 18.5 Å². The minimum absolute atomic E-state index is 0.145. The second-order valence-electron chi connectivity index (χ2n) is 2.71. The number of aromatic nitrogens is 5. The van der Waals surface area contributed by atoms with Crippen molar-refractivity contribution >= 4 is 17.5 Å². The molecule has 0 fully saturated rings. The average molecular weight is 225 g/mol. The Morgan fingerprint density at radius 3 is 2.93 bits per heavy atom. The number of hydrogen-bond donors (Lipinski definition) is 1. The molecule has 0 unspecified atom stereocenters. The zero-order valence-corrected chi connectivity index (χ0v) is 8.81. The Morgan fingerprint density at radius 2 is 2.27 bits per heavy atom. The molecule has 2 rings (SSSR count). The Morgan fingerprint density at radius 1 is 1.40 bits per heavy atom. The number of nitrogens with zero attached hydrogens (tertiary/aromatic N) is 5. The normalized spacial score (nSPS) is 10.3. The lowest BCUT2D eigenvalue weighted by Crippen LogP contribution is -2.08. The second kappa shape index (κ2) is 4.22. The van der Waals surface area contributed by atoms with Crippen molar-refractivity contribution in [1.82, 2.24) is 24.7 Å². The number of nitrogens with one attached hydrogen (secondary N) is 1. The van der Waals surface area contributed by atoms with Crippen molar-refractivity contribution in [2.75, 3.05) is 11.9 Å². The highest BCUT2D eigenvalue weighted by molar-refractivity contribution is 6.28. The first-order valence-corrected chi connectivity index (χ1v) is 4.83. The summed E-state index contributed by atoms with van der Waals surface area (Å²) in [5, 5.41) is 7.11. The molecule has 1 N–H and O–H groups in total. The second-order valence-corrected chi connectivity index (χ2v) is 3.05. The maximum absolute atomic E-state index is 5.76. The largest absolute Gasteiger partial charge is 0.354 e. The molecule has 0 aliphatic heterocycles. The van der Waals surface area contributed by atoms with Crippen molar-refractivity contribution in [2.24, 2.45) is 0 Å². The van der Waals surface area contributed by atoms with Gasteiger partial charge in [0.15, 0.2) is 0 Å². The van der Waals surface area contributed by atoms with E-state index in [1.807, 2.05) is 6.92 Å². The summed E-state index contributed by atoms with van der Waals surface area (Å²) in [5.41, 5.74) is 0. The molecule has 0 saturated heterocycles. The third kappa shape index (κ3) is 2.21. The fourth-order valence-corrected chi connectivity index (χ4v) is 1.22. The van der Waals surface area contributed by atoms with Crippen molar-refractivity contribution in [1.29, 1.82) is 0 Å². The van der Waals surface area contributed by atoms with Gasteiger partial charge in [-0.25, -0.2) is 4.68 Å². The monoisotopic (exact) mass is 224 g/mol. The lowest BCUT2D eigenvalue weighted by atomic mass is 10.7. The Labute approximate surface area is 91.3 Å². The van der Waals surface area contributed by atoms with Gasteiger partial charge >= 0.3 is 0 Å². The van der Waals surface area contributed by atoms with E-state index in [1.54, 1.807) is 18.5 Å². The molecular formula is C8H9ClN6. The fraction of sp³-hybridized carbons (Fsp3) is 0.250. The van der Waals surface area contributed by atoms with Crippen molar-refractivity contribution in [3.8, 4) is 5.95 Å². The topological polar surface area (TPSA) is 68.5 Å². The van der Waals surface area contributed by atoms with E-state index in [-0.39, 0.29) is 5.28 Å². The van der Waals surface area contributed by atoms with E-state index < -0.39 is 0 Å². The molecule has 0 aliphatic rings. The number of hydrogen-bond acceptors (Lipinski definition) is 5. The summed E-state index contributed by atoms with van der Waals surface area (Å²) in [6.45, 7) is 2.67. The number of halogens is 1. The Hall–Kier alpha value is -1.69. The molecule has 2 aromatic rings. The maximum atomic E-state index is 5.76. The first-order valence-electron chi connectivity index (χ1n) is 4.45. The van der Waals surface area contributed by atoms with E-state index in [1.165, 1.54) is 4.68 Å². The van der Waals surface area contributed by atoms with E-state index >= 15 is 0 Å². The van der Waals surface area contributed by atoms with Crippen LogP contribution in [-0.2, 0) is 0 Å². The molecule has 0 aliphatic carbocycles. The van der Waals surface area contributed by atoms with Crippen LogP contribution in [0, 0.1) is 0 Å². The van der Waals surface area contributed by atoms with Crippen molar-refractivity contribution in [3.63, 3.8) is 0 Å². The molecule has 15 heavy (non-hydrogen) atoms. The summed E-state index contributed by atoms with van der Waals surface area (Å²) in [5.74, 6) is 0.846. The summed E-state index contributed by atoms with van der Waals surface area (Å²) in [7, 11) is 0. The molecule has 0 saturated carbocycles. The van der Waals surface area contributed by atoms with E-state index in [9.17, 15) is 0 Å². The predicted molar refractivity (Wildman–Crippen MR) is 56.1 cm³/mol. The van der Waals surface area contributed by atoms with E-state index in [4.69, 9.17) is 11.6 Å². The molecule has 0 aromatic carbocycles. The van der Waals surface area contributed by atoms with Crippen LogP contribution in [0.1, 0.15) is 6.92 Å². The number of rotatable bonds is 3. The summed E-state index contributed by atoms with van der Waals surface area (Å²) >= 11 is 5.76. The van der Waals surface area contributed by atoms with E-state index in [0.717, 1.165) is 6.54 Å². The molecule has 0 bridgehead atoms. The van der Waals surface area contributed by atoms with Gasteiger partial charge < -0.3 is 5.32 Å². The van der Waals surface area contributed by atoms with Crippen molar-refractivity contribution < 1.29 is 0 Å². The third-order valence-corrected chi connectivity index (χ3v) is 1.81. The van der Waals surface area contributed by atoms with Gasteiger partial charge in [0.25, 0.3) is 5.95 Å². The minimum atomic E-state index is 0.145. The SMILES string of the molecule is CCNc1nc(Cl)nc(-n2cccn2)n1. The standard InChI is InChI=1S/C8H9ClN6/c1-2-10-7-12-6(9)13-8(14-7)15-5-3-4-11-15/h3-5H,2H2,1H3,(H,10,12,13,14). The lowest BCUT2D eigenvalue weighted by Gasteiger charge is -2.03. The first-order chi connectivity index (χ1) is 7.29. The van der Waals surface area contributed by atoms with E-state index in [0.29, 0.717) is 11.9 Å². The summed E-state index contributed by atoms with van der Waals surface area (Å²) in [6.07, 6.45) is 3.38. The smallest absolute Gasteiger partial charge is 0.256 e. The molecule has 7 heteroatoms. The summed E-state index contributed by atoms with van der Waals surface area (Å²) in [4.78, 5) is 12.0. The predicted octanol–water partition coefficient (Wildman–Crippen LogP) is 1.14. The van der Waals surface area contributed by atoms with Gasteiger partial charge in [0.05, 0.1) is 0 Å². The van der Waals surface area contributed by atoms with Gasteiger partial charge in [0, 0.05) is 18.9 Å². The van der Waals surface area contributed by atoms with Crippen LogP contribution < -0.4 is 5.32 Å². The average Bonchev–Trinajstić information content (AvgIpc) is 2.70. The van der Waals surface area contributed by atoms with E-state index in [2.05, 4.69) is 25.4 Å². The Kier molecular flexibility index (Phi) is 2.77. The van der Waals surface area contributed by atoms with Gasteiger partial charge in [-0.2, -0.15) is 20.1 Å². The van der Waals surface area contributed by atoms with Gasteiger partial charge in [-0.05, 0) is 24.6 Å². The van der Waals surface area contributed by atoms with Gasteiger partial charge in [-0.1, -0.05) is 0 Å². The van der Waals surface area contributed by atoms with Crippen LogP contribution in [0.5, 0.6) is 0 Å². The zero-order chi connectivity index (χ0) is 10.7. The molecule has 2 aromatic heterocycles. The van der Waals surface area contributed by atoms with Crippen molar-refractivity contribution in [3.05, 3.63) is 23.7 Å². The van der Waals surface area contributed by atoms with Gasteiger partial charge in [0.2, 0.25) is 11.2 Å². The van der Waals surface area contributed by atoms with Gasteiger partial charge in [-0.3, -0.25) is 0 Å². The molecule has 78 valence electrons. The van der Waals surface area contributed by atoms with Crippen molar-refractivity contribution in [2.45, 2.75) is 6.92 Å². The minimum Gasteiger partial charge on any atom is -0.354 e. The van der Waals surface area contributed by atoms with Crippen LogP contribution >= 0.6 is 11.6 Å². The molecule has 6 nitrogen and oxygen atoms in total. The van der Waals surface area contributed by atoms with Gasteiger partial charge in [-0.15, -0.1) is 0 Å². The van der Waals surface area contributed by atoms with Crippen LogP contribution in [-0.4, -0.2) is 31.3 Å². The Bertz CT molecular complexity index is 440. The number of anilines is 1. The van der Waals surface area contributed by atoms with Crippen LogP contribution in [0.4, 0.5) is 5.95 Å². The van der Waals surface area contributed by atoms with Crippen LogP contribution in [0.3, 0.4) is 0 Å². The highest BCUT2D eigenvalue weighted by Gasteiger charge is 2.05. The molecule has 0 amide bonds. The molecule has 0 spiro atoms. The summed E-state index contributed by atoms with van der Waals surface area (Å²) in [6, 6.07) is 1.78. The highest BCUT2D eigenvalue weighted by atomic mass is 35.5. The first kappa shape index (κ1) is 9.85. The molecule has 0 radical (unpaired) electrons. The van der Waals surface area contributed by atoms with Gasteiger partial charge in [0.1, 0.15) is 0 Å². The maximum Gasteiger partial charge on any atom is 0.256 e. The third-order valence-electron chi connectivity index (χ3n) is 1.64. The molecule has 0 atom stereocenters.